The van der Waals surface area contributed by atoms with Crippen molar-refractivity contribution in [3.8, 4) is 17.2 Å². The molecule has 0 fully saturated rings. The highest BCUT2D eigenvalue weighted by Gasteiger charge is 2.37. The van der Waals surface area contributed by atoms with Crippen molar-refractivity contribution in [2.24, 2.45) is 0 Å². The fourth-order valence-corrected chi connectivity index (χ4v) is 5.30. The fraction of sp³-hybridized carbons (Fsp3) is 0.348. The van der Waals surface area contributed by atoms with Gasteiger partial charge < -0.3 is 19.2 Å². The minimum atomic E-state index is -3.60. The van der Waals surface area contributed by atoms with Crippen LogP contribution in [0.25, 0.3) is 10.9 Å². The molecule has 2 heterocycles. The first-order valence-corrected chi connectivity index (χ1v) is 12.1. The molecule has 1 N–H and O–H groups in total. The number of methoxy groups -OCH3 is 2. The largest absolute Gasteiger partial charge is 0.494 e. The lowest BCUT2D eigenvalue weighted by Gasteiger charge is -2.36. The second-order valence-electron chi connectivity index (χ2n) is 7.67. The highest BCUT2D eigenvalue weighted by Crippen LogP contribution is 2.41. The third kappa shape index (κ3) is 3.93. The fourth-order valence-electron chi connectivity index (χ4n) is 4.26. The van der Waals surface area contributed by atoms with Gasteiger partial charge in [-0.3, -0.25) is 4.79 Å². The zero-order valence-corrected chi connectivity index (χ0v) is 19.3. The average Bonchev–Trinajstić information content (AvgIpc) is 2.76. The number of benzene rings is 2. The van der Waals surface area contributed by atoms with Crippen LogP contribution >= 0.6 is 0 Å². The molecule has 0 radical (unpaired) electrons. The number of H-pyrrole nitrogens is 1. The van der Waals surface area contributed by atoms with Gasteiger partial charge in [-0.2, -0.15) is 4.31 Å². The minimum Gasteiger partial charge on any atom is -0.494 e. The Hall–Kier alpha value is -3.04. The Kier molecular flexibility index (Phi) is 5.87. The quantitative estimate of drug-likeness (QED) is 0.610. The summed E-state index contributed by atoms with van der Waals surface area (Å²) in [7, 11) is -0.529. The molecule has 0 unspecified atom stereocenters. The maximum Gasteiger partial charge on any atom is 0.253 e. The van der Waals surface area contributed by atoms with Crippen molar-refractivity contribution < 1.29 is 22.6 Å². The lowest BCUT2D eigenvalue weighted by atomic mass is 9.89. The van der Waals surface area contributed by atoms with Crippen molar-refractivity contribution in [2.45, 2.75) is 19.4 Å². The molecule has 4 rings (SSSR count). The Morgan fingerprint density at radius 1 is 1.06 bits per heavy atom. The zero-order valence-electron chi connectivity index (χ0n) is 18.5. The van der Waals surface area contributed by atoms with Crippen molar-refractivity contribution >= 4 is 20.9 Å². The van der Waals surface area contributed by atoms with Gasteiger partial charge in [-0.15, -0.1) is 0 Å². The normalized spacial score (nSPS) is 16.6. The number of hydrogen-bond acceptors (Lipinski definition) is 6. The number of aromatic amines is 1. The third-order valence-corrected chi connectivity index (χ3v) is 6.95. The number of nitrogens with one attached hydrogen (secondary N) is 1. The van der Waals surface area contributed by atoms with Crippen molar-refractivity contribution in [2.75, 3.05) is 33.6 Å². The summed E-state index contributed by atoms with van der Waals surface area (Å²) >= 11 is 0. The summed E-state index contributed by atoms with van der Waals surface area (Å²) in [4.78, 5) is 16.0. The van der Waals surface area contributed by atoms with E-state index in [4.69, 9.17) is 14.2 Å². The van der Waals surface area contributed by atoms with Gasteiger partial charge >= 0.3 is 0 Å². The van der Waals surface area contributed by atoms with Crippen LogP contribution in [0, 0.1) is 0 Å². The van der Waals surface area contributed by atoms with E-state index in [1.807, 2.05) is 19.1 Å². The molecule has 0 bridgehead atoms. The van der Waals surface area contributed by atoms with E-state index in [0.717, 1.165) is 17.2 Å². The summed E-state index contributed by atoms with van der Waals surface area (Å²) in [6.45, 7) is 2.66. The van der Waals surface area contributed by atoms with Crippen LogP contribution in [0.15, 0.2) is 41.2 Å². The molecule has 1 aliphatic heterocycles. The van der Waals surface area contributed by atoms with Crippen LogP contribution in [0.5, 0.6) is 17.2 Å². The summed E-state index contributed by atoms with van der Waals surface area (Å²) in [5.41, 5.74) is 2.25. The summed E-state index contributed by atoms with van der Waals surface area (Å²) in [5.74, 6) is 1.71. The van der Waals surface area contributed by atoms with Gasteiger partial charge in [0, 0.05) is 23.0 Å². The Balaban J connectivity index is 1.97. The number of ether oxygens (including phenoxy) is 3. The van der Waals surface area contributed by atoms with Crippen molar-refractivity contribution in [1.82, 2.24) is 9.29 Å². The second kappa shape index (κ2) is 8.48. The van der Waals surface area contributed by atoms with Crippen LogP contribution in [0.2, 0.25) is 0 Å². The standard InChI is InChI=1S/C23H26N2O6S/c1-5-31-16-6-7-19-15(10-16)11-18(23(26)24-19)22-17-13-21(30-3)20(29-2)12-14(17)8-9-25(22)32(4,27)28/h6-7,10-13,22H,5,8-9H2,1-4H3,(H,24,26)/t22-/m0/s1. The molecular weight excluding hydrogens is 432 g/mol. The van der Waals surface area contributed by atoms with Gasteiger partial charge in [0.25, 0.3) is 5.56 Å². The molecule has 170 valence electrons. The first-order chi connectivity index (χ1) is 15.3. The van der Waals surface area contributed by atoms with Gasteiger partial charge in [-0.1, -0.05) is 0 Å². The van der Waals surface area contributed by atoms with Gasteiger partial charge in [0.05, 0.1) is 33.1 Å². The van der Waals surface area contributed by atoms with Crippen LogP contribution in [-0.2, 0) is 16.4 Å². The number of hydrogen-bond donors (Lipinski definition) is 1. The van der Waals surface area contributed by atoms with E-state index in [1.54, 1.807) is 31.4 Å². The predicted molar refractivity (Wildman–Crippen MR) is 122 cm³/mol. The number of fused-ring (bicyclic) bond motifs is 2. The highest BCUT2D eigenvalue weighted by molar-refractivity contribution is 7.88. The summed E-state index contributed by atoms with van der Waals surface area (Å²) in [6, 6.07) is 9.96. The SMILES string of the molecule is CCOc1ccc2[nH]c(=O)c([C@@H]3c4cc(OC)c(OC)cc4CCN3S(C)(=O)=O)cc2c1. The Bertz CT molecular complexity index is 1330. The molecule has 0 amide bonds. The Morgan fingerprint density at radius 3 is 2.44 bits per heavy atom. The number of sulfonamides is 1. The smallest absolute Gasteiger partial charge is 0.253 e. The lowest BCUT2D eigenvalue weighted by Crippen LogP contribution is -2.42. The molecule has 1 atom stereocenters. The van der Waals surface area contributed by atoms with E-state index in [0.29, 0.717) is 46.9 Å². The van der Waals surface area contributed by atoms with Crippen molar-refractivity contribution in [3.05, 3.63) is 63.4 Å². The predicted octanol–water partition coefficient (Wildman–Crippen LogP) is 2.85. The molecule has 0 spiro atoms. The van der Waals surface area contributed by atoms with E-state index >= 15 is 0 Å². The number of rotatable bonds is 6. The van der Waals surface area contributed by atoms with E-state index in [1.165, 1.54) is 11.4 Å². The van der Waals surface area contributed by atoms with Crippen molar-refractivity contribution in [3.63, 3.8) is 0 Å². The van der Waals surface area contributed by atoms with Crippen LogP contribution < -0.4 is 19.8 Å². The zero-order chi connectivity index (χ0) is 23.0. The number of pyridine rings is 1. The molecule has 1 aliphatic rings. The van der Waals surface area contributed by atoms with Crippen LogP contribution in [0.3, 0.4) is 0 Å². The molecule has 0 aliphatic carbocycles. The average molecular weight is 459 g/mol. The van der Waals surface area contributed by atoms with Gasteiger partial charge in [0.2, 0.25) is 10.0 Å². The Labute approximate surface area is 186 Å². The van der Waals surface area contributed by atoms with E-state index in [9.17, 15) is 13.2 Å². The lowest BCUT2D eigenvalue weighted by molar-refractivity contribution is 0.332. The maximum atomic E-state index is 13.1. The first kappa shape index (κ1) is 22.2. The number of nitrogens with zero attached hydrogens (tertiary/aromatic N) is 1. The number of aromatic nitrogens is 1. The van der Waals surface area contributed by atoms with Gasteiger partial charge in [-0.05, 0) is 60.9 Å². The Morgan fingerprint density at radius 2 is 1.78 bits per heavy atom. The van der Waals surface area contributed by atoms with Gasteiger partial charge in [-0.25, -0.2) is 8.42 Å². The molecule has 1 aromatic heterocycles. The molecule has 2 aromatic carbocycles. The molecule has 3 aromatic rings. The van der Waals surface area contributed by atoms with E-state index in [-0.39, 0.29) is 12.1 Å². The molecule has 0 saturated heterocycles. The van der Waals surface area contributed by atoms with Crippen LogP contribution in [0.4, 0.5) is 0 Å². The van der Waals surface area contributed by atoms with Crippen LogP contribution in [0.1, 0.15) is 29.7 Å². The molecule has 9 heteroatoms. The van der Waals surface area contributed by atoms with Crippen molar-refractivity contribution in [1.29, 1.82) is 0 Å². The van der Waals surface area contributed by atoms with Gasteiger partial charge in [0.15, 0.2) is 11.5 Å². The third-order valence-electron chi connectivity index (χ3n) is 5.71. The summed E-state index contributed by atoms with van der Waals surface area (Å²) < 4.78 is 43.2. The summed E-state index contributed by atoms with van der Waals surface area (Å²) in [5, 5.41) is 0.756. The highest BCUT2D eigenvalue weighted by atomic mass is 32.2. The molecular formula is C23H26N2O6S. The second-order valence-corrected chi connectivity index (χ2v) is 9.60. The van der Waals surface area contributed by atoms with Gasteiger partial charge in [0.1, 0.15) is 5.75 Å². The monoisotopic (exact) mass is 458 g/mol. The first-order valence-electron chi connectivity index (χ1n) is 10.3. The molecule has 8 nitrogen and oxygen atoms in total. The molecule has 0 saturated carbocycles. The summed E-state index contributed by atoms with van der Waals surface area (Å²) in [6.07, 6.45) is 1.66. The minimum absolute atomic E-state index is 0.252. The topological polar surface area (TPSA) is 97.9 Å². The van der Waals surface area contributed by atoms with E-state index in [2.05, 4.69) is 4.98 Å². The maximum absolute atomic E-state index is 13.1. The molecule has 32 heavy (non-hydrogen) atoms. The van der Waals surface area contributed by atoms with E-state index < -0.39 is 16.1 Å². The van der Waals surface area contributed by atoms with Crippen LogP contribution in [-0.4, -0.2) is 51.3 Å².